The molecule has 2 rings (SSSR count). The summed E-state index contributed by atoms with van der Waals surface area (Å²) in [6.07, 6.45) is 0.871. The van der Waals surface area contributed by atoms with Crippen molar-refractivity contribution in [2.24, 2.45) is 0 Å². The summed E-state index contributed by atoms with van der Waals surface area (Å²) in [5.41, 5.74) is 0.710. The van der Waals surface area contributed by atoms with Gasteiger partial charge < -0.3 is 4.52 Å². The van der Waals surface area contributed by atoms with Gasteiger partial charge in [-0.25, -0.2) is 0 Å². The van der Waals surface area contributed by atoms with Gasteiger partial charge >= 0.3 is 0 Å². The maximum absolute atomic E-state index is 6.07. The Morgan fingerprint density at radius 3 is 2.82 bits per heavy atom. The number of hydrogen-bond donors (Lipinski definition) is 0. The molecule has 0 bridgehead atoms. The van der Waals surface area contributed by atoms with Crippen LogP contribution < -0.4 is 0 Å². The van der Waals surface area contributed by atoms with Crippen LogP contribution in [0.25, 0.3) is 11.4 Å². The van der Waals surface area contributed by atoms with Crippen LogP contribution in [-0.2, 0) is 0 Å². The number of alkyl halides is 1. The Balaban J connectivity index is 2.37. The summed E-state index contributed by atoms with van der Waals surface area (Å²) >= 11 is 15.3. The van der Waals surface area contributed by atoms with E-state index in [4.69, 9.17) is 27.7 Å². The molecule has 0 saturated heterocycles. The van der Waals surface area contributed by atoms with E-state index in [0.29, 0.717) is 27.3 Å². The number of aromatic nitrogens is 2. The number of rotatable bonds is 3. The first-order valence-electron chi connectivity index (χ1n) is 5.05. The summed E-state index contributed by atoms with van der Waals surface area (Å²) in [6.45, 7) is 2.03. The summed E-state index contributed by atoms with van der Waals surface area (Å²) in [7, 11) is 0. The zero-order valence-corrected chi connectivity index (χ0v) is 12.1. The fraction of sp³-hybridized carbons (Fsp3) is 0.273. The highest BCUT2D eigenvalue weighted by Crippen LogP contribution is 2.31. The highest BCUT2D eigenvalue weighted by molar-refractivity contribution is 9.09. The molecule has 0 fully saturated rings. The Bertz CT molecular complexity index is 530. The molecule has 0 radical (unpaired) electrons. The molecule has 90 valence electrons. The van der Waals surface area contributed by atoms with E-state index in [2.05, 4.69) is 26.1 Å². The minimum absolute atomic E-state index is 0.0647. The molecule has 0 spiro atoms. The monoisotopic (exact) mass is 334 g/mol. The fourth-order valence-electron chi connectivity index (χ4n) is 1.32. The smallest absolute Gasteiger partial charge is 0.240 e. The van der Waals surface area contributed by atoms with E-state index < -0.39 is 0 Å². The van der Waals surface area contributed by atoms with Crippen molar-refractivity contribution < 1.29 is 4.52 Å². The molecule has 0 N–H and O–H groups in total. The van der Waals surface area contributed by atoms with Crippen molar-refractivity contribution in [2.75, 3.05) is 0 Å². The first-order chi connectivity index (χ1) is 8.11. The van der Waals surface area contributed by atoms with Gasteiger partial charge in [-0.1, -0.05) is 51.2 Å². The third kappa shape index (κ3) is 2.81. The average Bonchev–Trinajstić information content (AvgIpc) is 2.77. The molecule has 0 aliphatic carbocycles. The Morgan fingerprint density at radius 2 is 2.18 bits per heavy atom. The van der Waals surface area contributed by atoms with Gasteiger partial charge in [-0.3, -0.25) is 0 Å². The van der Waals surface area contributed by atoms with Crippen LogP contribution in [0.15, 0.2) is 22.7 Å². The number of halogens is 3. The maximum atomic E-state index is 6.07. The second-order valence-corrected chi connectivity index (χ2v) is 5.41. The van der Waals surface area contributed by atoms with Crippen LogP contribution in [0.4, 0.5) is 0 Å². The van der Waals surface area contributed by atoms with E-state index in [9.17, 15) is 0 Å². The van der Waals surface area contributed by atoms with Gasteiger partial charge in [0.15, 0.2) is 0 Å². The van der Waals surface area contributed by atoms with Gasteiger partial charge in [-0.15, -0.1) is 0 Å². The second-order valence-electron chi connectivity index (χ2n) is 3.46. The van der Waals surface area contributed by atoms with Gasteiger partial charge in [0, 0.05) is 10.6 Å². The average molecular weight is 336 g/mol. The third-order valence-electron chi connectivity index (χ3n) is 2.24. The lowest BCUT2D eigenvalue weighted by Gasteiger charge is -1.99. The van der Waals surface area contributed by atoms with Crippen LogP contribution in [0.3, 0.4) is 0 Å². The summed E-state index contributed by atoms with van der Waals surface area (Å²) in [6, 6.07) is 5.17. The van der Waals surface area contributed by atoms with Gasteiger partial charge in [0.05, 0.1) is 9.85 Å². The van der Waals surface area contributed by atoms with E-state index in [0.717, 1.165) is 6.42 Å². The second kappa shape index (κ2) is 5.38. The van der Waals surface area contributed by atoms with Gasteiger partial charge in [0.25, 0.3) is 0 Å². The third-order valence-corrected chi connectivity index (χ3v) is 3.83. The Hall–Kier alpha value is -0.580. The fourth-order valence-corrected chi connectivity index (χ4v) is 2.00. The summed E-state index contributed by atoms with van der Waals surface area (Å²) in [5.74, 6) is 1.02. The molecule has 0 saturated carbocycles. The molecule has 0 aliphatic heterocycles. The van der Waals surface area contributed by atoms with Crippen molar-refractivity contribution in [3.05, 3.63) is 34.1 Å². The Morgan fingerprint density at radius 1 is 1.41 bits per heavy atom. The minimum Gasteiger partial charge on any atom is -0.338 e. The largest absolute Gasteiger partial charge is 0.338 e. The van der Waals surface area contributed by atoms with E-state index in [1.54, 1.807) is 18.2 Å². The minimum atomic E-state index is 0.0647. The highest BCUT2D eigenvalue weighted by Gasteiger charge is 2.16. The first-order valence-corrected chi connectivity index (χ1v) is 6.72. The van der Waals surface area contributed by atoms with Gasteiger partial charge in [0.1, 0.15) is 0 Å². The molecule has 1 heterocycles. The van der Waals surface area contributed by atoms with Crippen LogP contribution in [0.2, 0.25) is 10.0 Å². The van der Waals surface area contributed by atoms with Crippen LogP contribution in [0, 0.1) is 0 Å². The van der Waals surface area contributed by atoms with E-state index in [1.807, 2.05) is 6.92 Å². The lowest BCUT2D eigenvalue weighted by Crippen LogP contribution is -1.88. The molecular weight excluding hydrogens is 327 g/mol. The van der Waals surface area contributed by atoms with Crippen LogP contribution in [-0.4, -0.2) is 10.1 Å². The molecule has 1 aromatic heterocycles. The number of nitrogens with zero attached hydrogens (tertiary/aromatic N) is 2. The lowest BCUT2D eigenvalue weighted by molar-refractivity contribution is 0.377. The predicted octanol–water partition coefficient (Wildman–Crippen LogP) is 4.89. The standard InChI is InChI=1S/C11H9BrCl2N2O/c1-2-8(12)11-15-10(16-17-11)7-4-3-6(13)5-9(7)14/h3-5,8H,2H2,1H3. The first kappa shape index (κ1) is 12.9. The topological polar surface area (TPSA) is 38.9 Å². The molecule has 6 heteroatoms. The van der Waals surface area contributed by atoms with Crippen LogP contribution in [0.1, 0.15) is 24.1 Å². The zero-order chi connectivity index (χ0) is 12.4. The number of hydrogen-bond acceptors (Lipinski definition) is 3. The van der Waals surface area contributed by atoms with Crippen molar-refractivity contribution >= 4 is 39.1 Å². The molecule has 0 amide bonds. The van der Waals surface area contributed by atoms with Crippen molar-refractivity contribution in [1.29, 1.82) is 0 Å². The predicted molar refractivity (Wildman–Crippen MR) is 71.7 cm³/mol. The Kier molecular flexibility index (Phi) is 4.07. The Labute approximate surface area is 117 Å². The van der Waals surface area contributed by atoms with Gasteiger partial charge in [-0.2, -0.15) is 4.98 Å². The zero-order valence-electron chi connectivity index (χ0n) is 8.95. The van der Waals surface area contributed by atoms with E-state index in [-0.39, 0.29) is 4.83 Å². The van der Waals surface area contributed by atoms with Gasteiger partial charge in [0.2, 0.25) is 11.7 Å². The van der Waals surface area contributed by atoms with Crippen LogP contribution in [0.5, 0.6) is 0 Å². The molecule has 1 aromatic carbocycles. The van der Waals surface area contributed by atoms with Crippen molar-refractivity contribution in [3.8, 4) is 11.4 Å². The highest BCUT2D eigenvalue weighted by atomic mass is 79.9. The van der Waals surface area contributed by atoms with E-state index >= 15 is 0 Å². The molecule has 1 unspecified atom stereocenters. The molecule has 2 aromatic rings. The van der Waals surface area contributed by atoms with Crippen molar-refractivity contribution in [3.63, 3.8) is 0 Å². The summed E-state index contributed by atoms with van der Waals surface area (Å²) in [5, 5.41) is 4.99. The SMILES string of the molecule is CCC(Br)c1nc(-c2ccc(Cl)cc2Cl)no1. The number of benzene rings is 1. The molecular formula is C11H9BrCl2N2O. The normalized spacial score (nSPS) is 12.7. The van der Waals surface area contributed by atoms with Crippen molar-refractivity contribution in [1.82, 2.24) is 10.1 Å². The summed E-state index contributed by atoms with van der Waals surface area (Å²) in [4.78, 5) is 4.35. The van der Waals surface area contributed by atoms with Crippen molar-refractivity contribution in [2.45, 2.75) is 18.2 Å². The van der Waals surface area contributed by atoms with Crippen LogP contribution >= 0.6 is 39.1 Å². The molecule has 17 heavy (non-hydrogen) atoms. The molecule has 3 nitrogen and oxygen atoms in total. The molecule has 0 aliphatic rings. The summed E-state index contributed by atoms with van der Waals surface area (Å²) < 4.78 is 5.16. The van der Waals surface area contributed by atoms with E-state index in [1.165, 1.54) is 0 Å². The quantitative estimate of drug-likeness (QED) is 0.749. The maximum Gasteiger partial charge on any atom is 0.240 e. The molecule has 1 atom stereocenters. The lowest BCUT2D eigenvalue weighted by atomic mass is 10.2. The van der Waals surface area contributed by atoms with Gasteiger partial charge in [-0.05, 0) is 24.6 Å².